The van der Waals surface area contributed by atoms with E-state index in [1.165, 1.54) is 23.9 Å². The number of rotatable bonds is 10. The second-order valence-electron chi connectivity index (χ2n) is 8.30. The molecule has 1 aromatic heterocycles. The molecule has 1 aliphatic heterocycles. The molecule has 2 heterocycles. The molecule has 1 amide bonds. The minimum Gasteiger partial charge on any atom is -0.494 e. The number of carbonyl (C=O) groups is 1. The van der Waals surface area contributed by atoms with Crippen LogP contribution in [0.4, 0.5) is 0 Å². The predicted octanol–water partition coefficient (Wildman–Crippen LogP) is 3.01. The minimum absolute atomic E-state index is 0.140. The lowest BCUT2D eigenvalue weighted by Gasteiger charge is -2.26. The molecule has 0 bridgehead atoms. The molecule has 0 spiro atoms. The first-order chi connectivity index (χ1) is 17.5. The van der Waals surface area contributed by atoms with Gasteiger partial charge in [-0.2, -0.15) is 0 Å². The van der Waals surface area contributed by atoms with E-state index in [0.29, 0.717) is 12.2 Å². The van der Waals surface area contributed by atoms with Gasteiger partial charge in [0.1, 0.15) is 5.75 Å². The van der Waals surface area contributed by atoms with Crippen molar-refractivity contribution in [3.63, 3.8) is 0 Å². The number of ether oxygens (including phenoxy) is 2. The average Bonchev–Trinajstić information content (AvgIpc) is 3.41. The Morgan fingerprint density at radius 3 is 2.61 bits per heavy atom. The fourth-order valence-corrected chi connectivity index (χ4v) is 5.06. The van der Waals surface area contributed by atoms with Crippen LogP contribution < -0.4 is 10.2 Å². The molecule has 2 aromatic carbocycles. The zero-order valence-electron chi connectivity index (χ0n) is 19.7. The molecule has 0 atom stereocenters. The van der Waals surface area contributed by atoms with Crippen molar-refractivity contribution in [2.75, 3.05) is 39.5 Å². The van der Waals surface area contributed by atoms with Gasteiger partial charge in [-0.05, 0) is 59.5 Å². The number of carbonyl (C=O) groups excluding carboxylic acids is 1. The highest BCUT2D eigenvalue weighted by molar-refractivity contribution is 7.90. The number of nitrogens with one attached hydrogen (secondary N) is 1. The van der Waals surface area contributed by atoms with Crippen molar-refractivity contribution < 1.29 is 27.9 Å². The fraction of sp³-hybridized carbons (Fsp3) is 0.269. The topological polar surface area (TPSA) is 110 Å². The van der Waals surface area contributed by atoms with Gasteiger partial charge in [0.2, 0.25) is 0 Å². The molecule has 2 N–H and O–H groups in total. The summed E-state index contributed by atoms with van der Waals surface area (Å²) < 4.78 is 38.4. The van der Waals surface area contributed by atoms with Crippen LogP contribution in [-0.2, 0) is 19.6 Å². The summed E-state index contributed by atoms with van der Waals surface area (Å²) in [6.45, 7) is 5.11. The van der Waals surface area contributed by atoms with Gasteiger partial charge in [-0.25, -0.2) is 17.9 Å². The minimum atomic E-state index is -3.80. The first-order valence-electron chi connectivity index (χ1n) is 11.6. The van der Waals surface area contributed by atoms with E-state index < -0.39 is 15.9 Å². The van der Waals surface area contributed by atoms with Crippen molar-refractivity contribution in [3.8, 4) is 16.9 Å². The number of benzene rings is 2. The van der Waals surface area contributed by atoms with Crippen molar-refractivity contribution >= 4 is 22.0 Å². The third-order valence-corrected chi connectivity index (χ3v) is 7.47. The zero-order chi connectivity index (χ0) is 25.4. The summed E-state index contributed by atoms with van der Waals surface area (Å²) >= 11 is 0. The van der Waals surface area contributed by atoms with Gasteiger partial charge >= 0.3 is 0 Å². The van der Waals surface area contributed by atoms with E-state index in [1.807, 2.05) is 24.3 Å². The molecule has 190 valence electrons. The number of hydroxylamine groups is 1. The molecule has 9 nitrogen and oxygen atoms in total. The van der Waals surface area contributed by atoms with E-state index in [1.54, 1.807) is 30.3 Å². The predicted molar refractivity (Wildman–Crippen MR) is 135 cm³/mol. The maximum atomic E-state index is 13.0. The fourth-order valence-electron chi connectivity index (χ4n) is 3.86. The summed E-state index contributed by atoms with van der Waals surface area (Å²) in [5.74, 6) is 0.0673. The third kappa shape index (κ3) is 6.61. The highest BCUT2D eigenvalue weighted by Gasteiger charge is 2.17. The maximum Gasteiger partial charge on any atom is 0.267 e. The van der Waals surface area contributed by atoms with E-state index in [2.05, 4.69) is 4.90 Å². The first-order valence-corrected chi connectivity index (χ1v) is 13.1. The Bertz CT molecular complexity index is 1300. The van der Waals surface area contributed by atoms with Crippen LogP contribution in [0.3, 0.4) is 0 Å². The lowest BCUT2D eigenvalue weighted by atomic mass is 10.1. The maximum absolute atomic E-state index is 13.0. The average molecular weight is 512 g/mol. The number of hydrogen-bond acceptors (Lipinski definition) is 7. The van der Waals surface area contributed by atoms with Crippen molar-refractivity contribution in [2.24, 2.45) is 0 Å². The number of hydrogen-bond donors (Lipinski definition) is 2. The highest BCUT2D eigenvalue weighted by atomic mass is 32.2. The van der Waals surface area contributed by atoms with Crippen molar-refractivity contribution in [1.29, 1.82) is 0 Å². The first kappa shape index (κ1) is 25.6. The molecular formula is C26H29N3O6S. The van der Waals surface area contributed by atoms with E-state index >= 15 is 0 Å². The normalized spacial score (nSPS) is 14.7. The lowest BCUT2D eigenvalue weighted by Crippen LogP contribution is -2.37. The SMILES string of the molecule is O=C(/C=C/c1ccn(S(=O)(=O)c2ccc(-c3cccc(OCCCN4CCOCC4)c3)cc2)c1)NO. The van der Waals surface area contributed by atoms with Crippen molar-refractivity contribution in [2.45, 2.75) is 11.3 Å². The molecule has 1 fully saturated rings. The summed E-state index contributed by atoms with van der Waals surface area (Å²) in [6, 6.07) is 16.0. The summed E-state index contributed by atoms with van der Waals surface area (Å²) in [6.07, 6.45) is 6.23. The molecular weight excluding hydrogens is 482 g/mol. The van der Waals surface area contributed by atoms with Crippen LogP contribution in [0.1, 0.15) is 12.0 Å². The highest BCUT2D eigenvalue weighted by Crippen LogP contribution is 2.26. The molecule has 0 aliphatic carbocycles. The smallest absolute Gasteiger partial charge is 0.267 e. The monoisotopic (exact) mass is 511 g/mol. The molecule has 1 aliphatic rings. The van der Waals surface area contributed by atoms with Crippen LogP contribution in [0, 0.1) is 0 Å². The second kappa shape index (κ2) is 12.0. The molecule has 4 rings (SSSR count). The van der Waals surface area contributed by atoms with Crippen LogP contribution in [0.2, 0.25) is 0 Å². The largest absolute Gasteiger partial charge is 0.494 e. The summed E-state index contributed by atoms with van der Waals surface area (Å²) in [7, 11) is -3.80. The molecule has 0 unspecified atom stereocenters. The summed E-state index contributed by atoms with van der Waals surface area (Å²) in [5.41, 5.74) is 3.79. The van der Waals surface area contributed by atoms with Crippen LogP contribution >= 0.6 is 0 Å². The Hall–Kier alpha value is -3.44. The molecule has 0 radical (unpaired) electrons. The molecule has 1 saturated heterocycles. The van der Waals surface area contributed by atoms with Gasteiger partial charge in [0.05, 0.1) is 24.7 Å². The van der Waals surface area contributed by atoms with E-state index in [0.717, 1.165) is 66.2 Å². The Kier molecular flexibility index (Phi) is 8.55. The van der Waals surface area contributed by atoms with Gasteiger partial charge in [-0.3, -0.25) is 14.9 Å². The summed E-state index contributed by atoms with van der Waals surface area (Å²) in [5, 5.41) is 8.55. The summed E-state index contributed by atoms with van der Waals surface area (Å²) in [4.78, 5) is 13.6. The Morgan fingerprint density at radius 1 is 1.08 bits per heavy atom. The molecule has 36 heavy (non-hydrogen) atoms. The quantitative estimate of drug-likeness (QED) is 0.186. The molecule has 0 saturated carbocycles. The van der Waals surface area contributed by atoms with Crippen LogP contribution in [0.15, 0.2) is 78.0 Å². The zero-order valence-corrected chi connectivity index (χ0v) is 20.6. The van der Waals surface area contributed by atoms with Crippen molar-refractivity contribution in [1.82, 2.24) is 14.4 Å². The van der Waals surface area contributed by atoms with Gasteiger partial charge < -0.3 is 9.47 Å². The van der Waals surface area contributed by atoms with Gasteiger partial charge in [-0.15, -0.1) is 0 Å². The van der Waals surface area contributed by atoms with Crippen LogP contribution in [0.5, 0.6) is 5.75 Å². The van der Waals surface area contributed by atoms with E-state index in [4.69, 9.17) is 14.7 Å². The van der Waals surface area contributed by atoms with Gasteiger partial charge in [0, 0.05) is 38.1 Å². The van der Waals surface area contributed by atoms with Gasteiger partial charge in [-0.1, -0.05) is 24.3 Å². The third-order valence-electron chi connectivity index (χ3n) is 5.82. The Balaban J connectivity index is 1.38. The second-order valence-corrected chi connectivity index (χ2v) is 10.1. The lowest BCUT2D eigenvalue weighted by molar-refractivity contribution is -0.124. The number of aromatic nitrogens is 1. The van der Waals surface area contributed by atoms with Gasteiger partial charge in [0.15, 0.2) is 0 Å². The number of nitrogens with zero attached hydrogens (tertiary/aromatic N) is 2. The van der Waals surface area contributed by atoms with Crippen molar-refractivity contribution in [3.05, 3.63) is 78.6 Å². The molecule has 10 heteroatoms. The van der Waals surface area contributed by atoms with Crippen LogP contribution in [0.25, 0.3) is 17.2 Å². The van der Waals surface area contributed by atoms with E-state index in [9.17, 15) is 13.2 Å². The standard InChI is InChI=1S/C26H29N3O6S/c30-26(27-31)10-5-21-11-13-29(20-21)36(32,33)25-8-6-22(7-9-25)23-3-1-4-24(19-23)35-16-2-12-28-14-17-34-18-15-28/h1,3-11,13,19-20,31H,2,12,14-18H2,(H,27,30)/b10-5+. The number of morpholine rings is 1. The van der Waals surface area contributed by atoms with Crippen LogP contribution in [-0.4, -0.2) is 67.9 Å². The Morgan fingerprint density at radius 2 is 1.86 bits per heavy atom. The molecule has 3 aromatic rings. The Labute approximate surface area is 210 Å². The van der Waals surface area contributed by atoms with E-state index in [-0.39, 0.29) is 4.90 Å². The van der Waals surface area contributed by atoms with Gasteiger partial charge in [0.25, 0.3) is 15.9 Å². The number of amides is 1.